The first-order valence-electron chi connectivity index (χ1n) is 3.74. The van der Waals surface area contributed by atoms with Crippen molar-refractivity contribution in [3.63, 3.8) is 0 Å². The van der Waals surface area contributed by atoms with Gasteiger partial charge in [-0.25, -0.2) is 0 Å². The molecule has 1 rings (SSSR count). The van der Waals surface area contributed by atoms with E-state index in [4.69, 9.17) is 4.78 Å². The van der Waals surface area contributed by atoms with E-state index in [2.05, 4.69) is 32.0 Å². The summed E-state index contributed by atoms with van der Waals surface area (Å²) in [5, 5.41) is 0. The molecule has 0 fully saturated rings. The lowest BCUT2D eigenvalue weighted by Gasteiger charge is -2.07. The Balaban J connectivity index is 3.23. The van der Waals surface area contributed by atoms with Gasteiger partial charge < -0.3 is 0 Å². The maximum atomic E-state index is 7.66. The third kappa shape index (κ3) is 1.90. The van der Waals surface area contributed by atoms with E-state index >= 15 is 0 Å². The highest BCUT2D eigenvalue weighted by Gasteiger charge is 1.95. The lowest BCUT2D eigenvalue weighted by Crippen LogP contribution is -1.90. The Morgan fingerprint density at radius 1 is 1.27 bits per heavy atom. The molecule has 2 heteroatoms. The lowest BCUT2D eigenvalue weighted by atomic mass is 10.2. The minimum Gasteiger partial charge on any atom is -0.300 e. The van der Waals surface area contributed by atoms with Crippen molar-refractivity contribution >= 4 is 10.7 Å². The highest BCUT2D eigenvalue weighted by molar-refractivity contribution is 7.85. The second kappa shape index (κ2) is 3.18. The first-order chi connectivity index (χ1) is 5.11. The molecule has 0 unspecified atom stereocenters. The van der Waals surface area contributed by atoms with Gasteiger partial charge in [-0.2, -0.15) is 10.7 Å². The van der Waals surface area contributed by atoms with E-state index in [0.717, 1.165) is 0 Å². The molecule has 0 bridgehead atoms. The maximum Gasteiger partial charge on any atom is -0.00192 e. The van der Waals surface area contributed by atoms with Gasteiger partial charge >= 0.3 is 0 Å². The normalized spacial score (nSPS) is 11.4. The van der Waals surface area contributed by atoms with Gasteiger partial charge in [0, 0.05) is 0 Å². The summed E-state index contributed by atoms with van der Waals surface area (Å²) in [6.45, 7) is 4.16. The molecular formula is C9H15NS. The monoisotopic (exact) mass is 169 g/mol. The Kier molecular flexibility index (Phi) is 2.45. The fourth-order valence-corrected chi connectivity index (χ4v) is 2.26. The summed E-state index contributed by atoms with van der Waals surface area (Å²) in [5.41, 5.74) is 2.53. The number of hydrogen-bond acceptors (Lipinski definition) is 1. The van der Waals surface area contributed by atoms with Crippen LogP contribution in [0.2, 0.25) is 0 Å². The van der Waals surface area contributed by atoms with Crippen molar-refractivity contribution in [1.29, 1.82) is 4.78 Å². The van der Waals surface area contributed by atoms with Gasteiger partial charge in [0.15, 0.2) is 0 Å². The summed E-state index contributed by atoms with van der Waals surface area (Å²) >= 11 is 0. The van der Waals surface area contributed by atoms with Crippen LogP contribution in [0, 0.1) is 18.6 Å². The van der Waals surface area contributed by atoms with Crippen LogP contribution in [-0.2, 0) is 10.7 Å². The summed E-state index contributed by atoms with van der Waals surface area (Å²) in [4.78, 5) is 1.25. The summed E-state index contributed by atoms with van der Waals surface area (Å²) in [7, 11) is -1.01. The van der Waals surface area contributed by atoms with Crippen molar-refractivity contribution in [1.82, 2.24) is 0 Å². The number of benzene rings is 1. The van der Waals surface area contributed by atoms with Crippen LogP contribution in [0.3, 0.4) is 0 Å². The Bertz CT molecular complexity index is 292. The molecule has 1 aromatic rings. The second-order valence-electron chi connectivity index (χ2n) is 2.94. The highest BCUT2D eigenvalue weighted by Crippen LogP contribution is 2.13. The van der Waals surface area contributed by atoms with Crippen LogP contribution in [0.4, 0.5) is 0 Å². The Hall–Kier alpha value is -0.630. The fourth-order valence-electron chi connectivity index (χ4n) is 1.14. The average Bonchev–Trinajstić information content (AvgIpc) is 1.94. The largest absolute Gasteiger partial charge is 0.300 e. The van der Waals surface area contributed by atoms with Gasteiger partial charge in [0.2, 0.25) is 0 Å². The quantitative estimate of drug-likeness (QED) is 0.666. The molecule has 0 aliphatic rings. The smallest absolute Gasteiger partial charge is 0.00192 e. The van der Waals surface area contributed by atoms with E-state index in [9.17, 15) is 0 Å². The molecule has 0 aromatic heterocycles. The van der Waals surface area contributed by atoms with E-state index in [1.54, 1.807) is 0 Å². The number of rotatable bonds is 1. The molecule has 0 heterocycles. The van der Waals surface area contributed by atoms with Gasteiger partial charge in [-0.3, -0.25) is 4.78 Å². The molecule has 0 saturated carbocycles. The Morgan fingerprint density at radius 3 is 2.36 bits per heavy atom. The van der Waals surface area contributed by atoms with E-state index in [-0.39, 0.29) is 0 Å². The minimum absolute atomic E-state index is 1.01. The predicted octanol–water partition coefficient (Wildman–Crippen LogP) is 2.14. The zero-order valence-electron chi connectivity index (χ0n) is 7.23. The molecule has 0 spiro atoms. The first kappa shape index (κ1) is 8.47. The zero-order valence-corrected chi connectivity index (χ0v) is 8.23. The molecule has 1 N–H and O–H groups in total. The Morgan fingerprint density at radius 2 is 1.91 bits per heavy atom. The van der Waals surface area contributed by atoms with Gasteiger partial charge in [-0.1, -0.05) is 17.7 Å². The van der Waals surface area contributed by atoms with Crippen LogP contribution in [0.25, 0.3) is 0 Å². The van der Waals surface area contributed by atoms with Crippen LogP contribution in [0.15, 0.2) is 23.1 Å². The van der Waals surface area contributed by atoms with Crippen molar-refractivity contribution in [3.8, 4) is 0 Å². The molecule has 0 aliphatic carbocycles. The molecule has 11 heavy (non-hydrogen) atoms. The van der Waals surface area contributed by atoms with Crippen molar-refractivity contribution in [2.24, 2.45) is 0 Å². The van der Waals surface area contributed by atoms with Crippen LogP contribution < -0.4 is 0 Å². The van der Waals surface area contributed by atoms with Gasteiger partial charge in [-0.05, 0) is 36.6 Å². The Labute approximate surface area is 70.3 Å². The lowest BCUT2D eigenvalue weighted by molar-refractivity contribution is 1.25. The third-order valence-electron chi connectivity index (χ3n) is 1.80. The number of nitrogens with one attached hydrogen (secondary N) is 1. The molecule has 0 saturated heterocycles. The van der Waals surface area contributed by atoms with Crippen LogP contribution in [-0.4, -0.2) is 6.26 Å². The molecule has 62 valence electrons. The summed E-state index contributed by atoms with van der Waals surface area (Å²) < 4.78 is 7.66. The van der Waals surface area contributed by atoms with E-state index in [1.165, 1.54) is 16.0 Å². The SMILES string of the molecule is Cc1ccc(C)c([SH2](C)=N)c1. The predicted molar refractivity (Wildman–Crippen MR) is 53.0 cm³/mol. The first-order valence-corrected chi connectivity index (χ1v) is 5.74. The van der Waals surface area contributed by atoms with Gasteiger partial charge in [0.25, 0.3) is 0 Å². The molecule has 0 atom stereocenters. The van der Waals surface area contributed by atoms with E-state index in [0.29, 0.717) is 0 Å². The third-order valence-corrected chi connectivity index (χ3v) is 3.14. The van der Waals surface area contributed by atoms with Crippen LogP contribution >= 0.6 is 0 Å². The standard InChI is InChI=1S/C9H15NS/c1-7-4-5-8(2)9(6-7)11(3)10/h4-6,10H,11H2,1-3H3. The van der Waals surface area contributed by atoms with Gasteiger partial charge in [0.1, 0.15) is 0 Å². The summed E-state index contributed by atoms with van der Waals surface area (Å²) in [6, 6.07) is 6.34. The molecule has 1 aromatic carbocycles. The molecule has 0 aliphatic heterocycles. The van der Waals surface area contributed by atoms with E-state index < -0.39 is 10.7 Å². The summed E-state index contributed by atoms with van der Waals surface area (Å²) in [6.07, 6.45) is 2.01. The minimum atomic E-state index is -1.01. The highest BCUT2D eigenvalue weighted by atomic mass is 32.2. The number of hydrogen-bond donors (Lipinski definition) is 1. The van der Waals surface area contributed by atoms with Gasteiger partial charge in [-0.15, -0.1) is 0 Å². The summed E-state index contributed by atoms with van der Waals surface area (Å²) in [5.74, 6) is 0. The second-order valence-corrected chi connectivity index (χ2v) is 4.73. The molecular weight excluding hydrogens is 154 g/mol. The fraction of sp³-hybridized carbons (Fsp3) is 0.333. The van der Waals surface area contributed by atoms with Gasteiger partial charge in [0.05, 0.1) is 0 Å². The zero-order chi connectivity index (χ0) is 8.43. The van der Waals surface area contributed by atoms with Crippen LogP contribution in [0.1, 0.15) is 11.1 Å². The van der Waals surface area contributed by atoms with Crippen molar-refractivity contribution in [2.45, 2.75) is 18.7 Å². The van der Waals surface area contributed by atoms with Crippen molar-refractivity contribution < 1.29 is 0 Å². The molecule has 0 amide bonds. The van der Waals surface area contributed by atoms with E-state index in [1.807, 2.05) is 6.26 Å². The molecule has 1 nitrogen and oxygen atoms in total. The average molecular weight is 169 g/mol. The van der Waals surface area contributed by atoms with Crippen molar-refractivity contribution in [3.05, 3.63) is 29.3 Å². The topological polar surface area (TPSA) is 23.9 Å². The number of aryl methyl sites for hydroxylation is 2. The maximum absolute atomic E-state index is 7.66. The van der Waals surface area contributed by atoms with Crippen molar-refractivity contribution in [2.75, 3.05) is 6.26 Å². The van der Waals surface area contributed by atoms with Crippen LogP contribution in [0.5, 0.6) is 0 Å². The molecule has 0 radical (unpaired) electrons.